The van der Waals surface area contributed by atoms with Crippen LogP contribution in [0.2, 0.25) is 0 Å². The Morgan fingerprint density at radius 3 is 2.14 bits per heavy atom. The lowest BCUT2D eigenvalue weighted by molar-refractivity contribution is 0.426. The van der Waals surface area contributed by atoms with Crippen molar-refractivity contribution in [3.05, 3.63) is 35.4 Å². The smallest absolute Gasteiger partial charge is 0.218 e. The highest BCUT2D eigenvalue weighted by atomic mass is 32.2. The fourth-order valence-electron chi connectivity index (χ4n) is 2.21. The van der Waals surface area contributed by atoms with E-state index in [1.54, 1.807) is 4.31 Å². The van der Waals surface area contributed by atoms with Crippen molar-refractivity contribution in [3.63, 3.8) is 0 Å². The van der Waals surface area contributed by atoms with Crippen LogP contribution in [0.5, 0.6) is 0 Å². The number of benzene rings is 1. The maximum atomic E-state index is 12.3. The van der Waals surface area contributed by atoms with E-state index in [0.29, 0.717) is 13.1 Å². The molecule has 0 amide bonds. The Morgan fingerprint density at radius 2 is 1.62 bits per heavy atom. The fourth-order valence-corrected chi connectivity index (χ4v) is 3.86. The van der Waals surface area contributed by atoms with Crippen LogP contribution in [0.4, 0.5) is 0 Å². The van der Waals surface area contributed by atoms with Gasteiger partial charge in [-0.15, -0.1) is 0 Å². The van der Waals surface area contributed by atoms with Gasteiger partial charge in [0.15, 0.2) is 0 Å². The van der Waals surface area contributed by atoms with Crippen LogP contribution in [0.25, 0.3) is 0 Å². The van der Waals surface area contributed by atoms with E-state index in [9.17, 15) is 8.42 Å². The Morgan fingerprint density at radius 1 is 1.00 bits per heavy atom. The first-order valence-electron chi connectivity index (χ1n) is 7.79. The summed E-state index contributed by atoms with van der Waals surface area (Å²) < 4.78 is 26.2. The van der Waals surface area contributed by atoms with Gasteiger partial charge in [0.25, 0.3) is 0 Å². The summed E-state index contributed by atoms with van der Waals surface area (Å²) in [5.74, 6) is 0.0868. The summed E-state index contributed by atoms with van der Waals surface area (Å²) in [7, 11) is -3.20. The van der Waals surface area contributed by atoms with Gasteiger partial charge in [-0.3, -0.25) is 0 Å². The van der Waals surface area contributed by atoms with E-state index in [-0.39, 0.29) is 5.75 Å². The quantitative estimate of drug-likeness (QED) is 0.676. The molecule has 0 atom stereocenters. The van der Waals surface area contributed by atoms with Crippen LogP contribution in [0.1, 0.15) is 44.7 Å². The summed E-state index contributed by atoms with van der Waals surface area (Å²) in [5.41, 5.74) is 2.04. The lowest BCUT2D eigenvalue weighted by atomic mass is 10.1. The van der Waals surface area contributed by atoms with Gasteiger partial charge in [-0.25, -0.2) is 12.7 Å². The Balaban J connectivity index is 2.65. The molecular formula is C16H28N2O2S. The van der Waals surface area contributed by atoms with Gasteiger partial charge in [0, 0.05) is 19.6 Å². The molecule has 5 heteroatoms. The second-order valence-electron chi connectivity index (χ2n) is 5.24. The summed E-state index contributed by atoms with van der Waals surface area (Å²) in [5, 5.41) is 3.34. The molecule has 0 aromatic heterocycles. The zero-order chi connectivity index (χ0) is 15.7. The normalized spacial score (nSPS) is 12.0. The molecule has 0 fully saturated rings. The fraction of sp³-hybridized carbons (Fsp3) is 0.625. The highest BCUT2D eigenvalue weighted by Crippen LogP contribution is 2.12. The zero-order valence-corrected chi connectivity index (χ0v) is 14.2. The molecule has 0 aliphatic rings. The molecule has 0 aliphatic heterocycles. The van der Waals surface area contributed by atoms with Gasteiger partial charge in [-0.2, -0.15) is 0 Å². The van der Waals surface area contributed by atoms with Crippen LogP contribution < -0.4 is 5.32 Å². The molecule has 0 bridgehead atoms. The first-order chi connectivity index (χ1) is 10.0. The summed E-state index contributed by atoms with van der Waals surface area (Å²) in [6.45, 7) is 8.98. The molecular weight excluding hydrogens is 284 g/mol. The Bertz CT molecular complexity index is 498. The molecule has 0 unspecified atom stereocenters. The van der Waals surface area contributed by atoms with E-state index in [2.05, 4.69) is 12.2 Å². The van der Waals surface area contributed by atoms with Crippen molar-refractivity contribution in [1.82, 2.24) is 9.62 Å². The van der Waals surface area contributed by atoms with Crippen LogP contribution in [-0.2, 0) is 22.3 Å². The third kappa shape index (κ3) is 6.16. The third-order valence-electron chi connectivity index (χ3n) is 3.35. The minimum atomic E-state index is -3.20. The molecule has 4 nitrogen and oxygen atoms in total. The van der Waals surface area contributed by atoms with Crippen molar-refractivity contribution in [2.75, 3.05) is 19.6 Å². The lowest BCUT2D eigenvalue weighted by Gasteiger charge is -2.19. The molecule has 1 aromatic rings. The molecule has 0 spiro atoms. The first-order valence-corrected chi connectivity index (χ1v) is 9.40. The largest absolute Gasteiger partial charge is 0.313 e. The standard InChI is InChI=1S/C16H28N2O2S/c1-4-11-17-13-15-7-9-16(10-8-15)14-21(19,20)18(6-3)12-5-2/h7-10,17H,4-6,11-14H2,1-3H3. The number of sulfonamides is 1. The van der Waals surface area contributed by atoms with Crippen LogP contribution in [0.3, 0.4) is 0 Å². The average Bonchev–Trinajstić information content (AvgIpc) is 2.46. The topological polar surface area (TPSA) is 49.4 Å². The summed E-state index contributed by atoms with van der Waals surface area (Å²) >= 11 is 0. The number of hydrogen-bond acceptors (Lipinski definition) is 3. The molecule has 0 radical (unpaired) electrons. The molecule has 1 rings (SSSR count). The molecule has 0 saturated heterocycles. The molecule has 0 aliphatic carbocycles. The van der Waals surface area contributed by atoms with Gasteiger partial charge >= 0.3 is 0 Å². The van der Waals surface area contributed by atoms with E-state index in [4.69, 9.17) is 0 Å². The van der Waals surface area contributed by atoms with Crippen molar-refractivity contribution >= 4 is 10.0 Å². The minimum Gasteiger partial charge on any atom is -0.313 e. The van der Waals surface area contributed by atoms with Crippen molar-refractivity contribution < 1.29 is 8.42 Å². The van der Waals surface area contributed by atoms with Crippen molar-refractivity contribution in [3.8, 4) is 0 Å². The average molecular weight is 312 g/mol. The van der Waals surface area contributed by atoms with E-state index in [0.717, 1.165) is 31.5 Å². The molecule has 120 valence electrons. The summed E-state index contributed by atoms with van der Waals surface area (Å²) in [6, 6.07) is 7.84. The lowest BCUT2D eigenvalue weighted by Crippen LogP contribution is -2.32. The number of nitrogens with zero attached hydrogens (tertiary/aromatic N) is 1. The number of hydrogen-bond donors (Lipinski definition) is 1. The van der Waals surface area contributed by atoms with Gasteiger partial charge in [-0.1, -0.05) is 45.0 Å². The van der Waals surface area contributed by atoms with Gasteiger partial charge in [-0.05, 0) is 30.5 Å². The molecule has 1 aromatic carbocycles. The van der Waals surface area contributed by atoms with Gasteiger partial charge in [0.2, 0.25) is 10.0 Å². The highest BCUT2D eigenvalue weighted by molar-refractivity contribution is 7.88. The van der Waals surface area contributed by atoms with Crippen molar-refractivity contribution in [1.29, 1.82) is 0 Å². The van der Waals surface area contributed by atoms with Gasteiger partial charge in [0.1, 0.15) is 0 Å². The maximum absolute atomic E-state index is 12.3. The minimum absolute atomic E-state index is 0.0868. The summed E-state index contributed by atoms with van der Waals surface area (Å²) in [6.07, 6.45) is 1.95. The Kier molecular flexibility index (Phi) is 7.93. The molecule has 1 N–H and O–H groups in total. The van der Waals surface area contributed by atoms with Gasteiger partial charge in [0.05, 0.1) is 5.75 Å². The van der Waals surface area contributed by atoms with Crippen molar-refractivity contribution in [2.45, 2.75) is 45.9 Å². The first kappa shape index (κ1) is 18.1. The zero-order valence-electron chi connectivity index (χ0n) is 13.4. The molecule has 0 saturated carbocycles. The molecule has 21 heavy (non-hydrogen) atoms. The SMILES string of the molecule is CCCNCc1ccc(CS(=O)(=O)N(CC)CCC)cc1. The maximum Gasteiger partial charge on any atom is 0.218 e. The second-order valence-corrected chi connectivity index (χ2v) is 7.21. The predicted octanol–water partition coefficient (Wildman–Crippen LogP) is 2.75. The van der Waals surface area contributed by atoms with Crippen LogP contribution >= 0.6 is 0 Å². The third-order valence-corrected chi connectivity index (χ3v) is 5.27. The Labute approximate surface area is 129 Å². The Hall–Kier alpha value is -0.910. The molecule has 0 heterocycles. The van der Waals surface area contributed by atoms with Crippen LogP contribution in [0.15, 0.2) is 24.3 Å². The van der Waals surface area contributed by atoms with E-state index in [1.807, 2.05) is 38.1 Å². The van der Waals surface area contributed by atoms with E-state index >= 15 is 0 Å². The monoisotopic (exact) mass is 312 g/mol. The van der Waals surface area contributed by atoms with Crippen LogP contribution in [0, 0.1) is 0 Å². The van der Waals surface area contributed by atoms with E-state index in [1.165, 1.54) is 5.56 Å². The predicted molar refractivity (Wildman–Crippen MR) is 88.6 cm³/mol. The van der Waals surface area contributed by atoms with E-state index < -0.39 is 10.0 Å². The second kappa shape index (κ2) is 9.18. The van der Waals surface area contributed by atoms with Gasteiger partial charge < -0.3 is 5.32 Å². The van der Waals surface area contributed by atoms with Crippen LogP contribution in [-0.4, -0.2) is 32.4 Å². The summed E-state index contributed by atoms with van der Waals surface area (Å²) in [4.78, 5) is 0. The number of rotatable bonds is 10. The number of nitrogens with one attached hydrogen (secondary N) is 1. The van der Waals surface area contributed by atoms with Crippen molar-refractivity contribution in [2.24, 2.45) is 0 Å². The highest BCUT2D eigenvalue weighted by Gasteiger charge is 2.19.